The average Bonchev–Trinajstić information content (AvgIpc) is 3.28. The number of nitrogens with zero attached hydrogens (tertiary/aromatic N) is 2. The molecule has 1 fully saturated rings. The second-order valence-electron chi connectivity index (χ2n) is 10.6. The summed E-state index contributed by atoms with van der Waals surface area (Å²) in [5.41, 5.74) is 3.70. The van der Waals surface area contributed by atoms with E-state index in [1.165, 1.54) is 0 Å². The van der Waals surface area contributed by atoms with Crippen molar-refractivity contribution in [3.63, 3.8) is 0 Å². The quantitative estimate of drug-likeness (QED) is 0.566. The van der Waals surface area contributed by atoms with Crippen LogP contribution < -0.4 is 0 Å². The van der Waals surface area contributed by atoms with Gasteiger partial charge in [0.05, 0.1) is 21.4 Å². The van der Waals surface area contributed by atoms with Gasteiger partial charge in [0.1, 0.15) is 5.60 Å². The molecule has 2 aromatic carbocycles. The van der Waals surface area contributed by atoms with Crippen molar-refractivity contribution in [3.05, 3.63) is 64.2 Å². The van der Waals surface area contributed by atoms with Crippen LogP contribution >= 0.6 is 11.6 Å². The number of piperidine rings is 1. The molecule has 3 aliphatic heterocycles. The summed E-state index contributed by atoms with van der Waals surface area (Å²) in [6.45, 7) is 7.87. The van der Waals surface area contributed by atoms with Gasteiger partial charge in [0.2, 0.25) is 0 Å². The van der Waals surface area contributed by atoms with Gasteiger partial charge in [-0.1, -0.05) is 67.0 Å². The van der Waals surface area contributed by atoms with Gasteiger partial charge in [0, 0.05) is 45.8 Å². The predicted molar refractivity (Wildman–Crippen MR) is 145 cm³/mol. The van der Waals surface area contributed by atoms with E-state index in [-0.39, 0.29) is 22.9 Å². The fourth-order valence-electron chi connectivity index (χ4n) is 5.14. The van der Waals surface area contributed by atoms with Gasteiger partial charge in [-0.25, -0.2) is 8.42 Å². The van der Waals surface area contributed by atoms with Crippen LogP contribution in [0.25, 0.3) is 0 Å². The molecule has 1 N–H and O–H groups in total. The molecule has 2 aromatic rings. The fourth-order valence-corrected chi connectivity index (χ4v) is 7.74. The molecule has 1 spiro atoms. The number of carboxylic acid groups (broad SMARTS) is 1. The molecule has 0 bridgehead atoms. The van der Waals surface area contributed by atoms with E-state index in [1.807, 2.05) is 24.3 Å². The van der Waals surface area contributed by atoms with Crippen LogP contribution in [0.5, 0.6) is 0 Å². The Labute approximate surface area is 233 Å². The van der Waals surface area contributed by atoms with Crippen molar-refractivity contribution >= 4 is 39.3 Å². The molecule has 1 saturated heterocycles. The number of rotatable bonds is 3. The third kappa shape index (κ3) is 7.54. The van der Waals surface area contributed by atoms with E-state index in [0.29, 0.717) is 16.3 Å². The summed E-state index contributed by atoms with van der Waals surface area (Å²) in [4.78, 5) is 33.9. The van der Waals surface area contributed by atoms with Gasteiger partial charge in [0.25, 0.3) is 5.97 Å². The van der Waals surface area contributed by atoms with Crippen LogP contribution in [0.15, 0.2) is 52.5 Å². The zero-order valence-corrected chi connectivity index (χ0v) is 23.8. The molecule has 3 heterocycles. The lowest BCUT2D eigenvalue weighted by Crippen LogP contribution is -2.44. The van der Waals surface area contributed by atoms with Crippen LogP contribution in [0.3, 0.4) is 0 Å². The Bertz CT molecular complexity index is 1360. The second kappa shape index (κ2) is 12.4. The van der Waals surface area contributed by atoms with E-state index in [1.54, 1.807) is 0 Å². The molecule has 0 amide bonds. The molecular formula is C28H33ClN2O7S. The standard InChI is InChI=1S/C25H29ClN2O3S.C2H4O2.CO2/c1-24(2)10-13-32(29,30)23-20(24)14-18(15-21(23)26)17-28-11-8-25(9-12-28)16-22(27-31-25)19-6-4-3-5-7-19;1-2(3)4;2-1-3/h3-7,14-15H,8-13,16-17H2,1-2H3;1H3,(H,3,4);. The van der Waals surface area contributed by atoms with Crippen molar-refractivity contribution in [1.82, 2.24) is 4.90 Å². The number of aliphatic carboxylic acids is 1. The van der Waals surface area contributed by atoms with E-state index in [2.05, 4.69) is 42.1 Å². The molecule has 9 nitrogen and oxygen atoms in total. The average molecular weight is 577 g/mol. The van der Waals surface area contributed by atoms with Gasteiger partial charge in [-0.15, -0.1) is 0 Å². The first-order valence-corrected chi connectivity index (χ1v) is 14.6. The topological polar surface area (TPSA) is 130 Å². The minimum Gasteiger partial charge on any atom is -0.481 e. The molecule has 3 aliphatic rings. The van der Waals surface area contributed by atoms with Crippen molar-refractivity contribution in [2.75, 3.05) is 18.8 Å². The SMILES string of the molecule is CC(=O)O.CC1(C)CCS(=O)(=O)c2c(Cl)cc(CN3CCC4(CC3)CC(c3ccccc3)=NO4)cc21.O=C=O. The predicted octanol–water partition coefficient (Wildman–Crippen LogP) is 4.46. The second-order valence-corrected chi connectivity index (χ2v) is 13.1. The van der Waals surface area contributed by atoms with Crippen molar-refractivity contribution in [2.24, 2.45) is 5.16 Å². The molecule has 0 unspecified atom stereocenters. The van der Waals surface area contributed by atoms with E-state index < -0.39 is 15.8 Å². The van der Waals surface area contributed by atoms with Gasteiger partial charge < -0.3 is 9.94 Å². The first-order chi connectivity index (χ1) is 18.3. The number of likely N-dealkylation sites (tertiary alicyclic amines) is 1. The number of carboxylic acids is 1. The monoisotopic (exact) mass is 576 g/mol. The van der Waals surface area contributed by atoms with E-state index in [0.717, 1.165) is 68.2 Å². The molecule has 5 rings (SSSR count). The lowest BCUT2D eigenvalue weighted by Gasteiger charge is -2.38. The first kappa shape index (κ1) is 30.5. The van der Waals surface area contributed by atoms with Gasteiger partial charge in [-0.2, -0.15) is 9.59 Å². The summed E-state index contributed by atoms with van der Waals surface area (Å²) >= 11 is 6.52. The Balaban J connectivity index is 0.000000542. The largest absolute Gasteiger partial charge is 0.481 e. The maximum Gasteiger partial charge on any atom is 0.373 e. The zero-order chi connectivity index (χ0) is 28.8. The molecule has 11 heteroatoms. The van der Waals surface area contributed by atoms with E-state index in [4.69, 9.17) is 35.9 Å². The van der Waals surface area contributed by atoms with Crippen molar-refractivity contribution < 1.29 is 32.7 Å². The summed E-state index contributed by atoms with van der Waals surface area (Å²) < 4.78 is 25.3. The Morgan fingerprint density at radius 1 is 1.13 bits per heavy atom. The summed E-state index contributed by atoms with van der Waals surface area (Å²) in [5, 5.41) is 12.2. The molecule has 0 saturated carbocycles. The third-order valence-corrected chi connectivity index (χ3v) is 9.47. The minimum absolute atomic E-state index is 0.160. The zero-order valence-electron chi connectivity index (χ0n) is 22.3. The summed E-state index contributed by atoms with van der Waals surface area (Å²) in [6.07, 6.45) is 3.56. The van der Waals surface area contributed by atoms with Crippen molar-refractivity contribution in [2.45, 2.75) is 68.9 Å². The van der Waals surface area contributed by atoms with E-state index >= 15 is 0 Å². The third-order valence-electron chi connectivity index (χ3n) is 7.26. The molecule has 0 aromatic heterocycles. The van der Waals surface area contributed by atoms with Gasteiger partial charge >= 0.3 is 6.15 Å². The summed E-state index contributed by atoms with van der Waals surface area (Å²) in [6, 6.07) is 14.1. The van der Waals surface area contributed by atoms with Gasteiger partial charge in [0.15, 0.2) is 9.84 Å². The van der Waals surface area contributed by atoms with Crippen molar-refractivity contribution in [1.29, 1.82) is 0 Å². The number of fused-ring (bicyclic) bond motifs is 1. The lowest BCUT2D eigenvalue weighted by atomic mass is 9.81. The number of carbonyl (C=O) groups is 1. The van der Waals surface area contributed by atoms with Gasteiger partial charge in [-0.05, 0) is 34.6 Å². The molecule has 210 valence electrons. The number of oxime groups is 1. The first-order valence-electron chi connectivity index (χ1n) is 12.6. The number of halogens is 1. The normalized spacial score (nSPS) is 20.1. The Hall–Kier alpha value is -3.04. The Morgan fingerprint density at radius 3 is 2.31 bits per heavy atom. The maximum absolute atomic E-state index is 12.6. The number of hydrogen-bond donors (Lipinski definition) is 1. The number of carbonyl (C=O) groups excluding carboxylic acids is 2. The molecule has 0 aliphatic carbocycles. The van der Waals surface area contributed by atoms with E-state index in [9.17, 15) is 8.42 Å². The number of sulfone groups is 1. The fraction of sp³-hybridized carbons (Fsp3) is 0.464. The highest BCUT2D eigenvalue weighted by Crippen LogP contribution is 2.43. The molecular weight excluding hydrogens is 544 g/mol. The molecule has 0 radical (unpaired) electrons. The van der Waals surface area contributed by atoms with Crippen LogP contribution in [-0.4, -0.2) is 60.7 Å². The van der Waals surface area contributed by atoms with Crippen LogP contribution in [0.2, 0.25) is 5.02 Å². The molecule has 0 atom stereocenters. The van der Waals surface area contributed by atoms with Crippen LogP contribution in [0.4, 0.5) is 0 Å². The van der Waals surface area contributed by atoms with Crippen molar-refractivity contribution in [3.8, 4) is 0 Å². The Kier molecular flexibility index (Phi) is 9.72. The lowest BCUT2D eigenvalue weighted by molar-refractivity contribution is -0.191. The summed E-state index contributed by atoms with van der Waals surface area (Å²) in [5.74, 6) is -0.673. The smallest absolute Gasteiger partial charge is 0.373 e. The molecule has 39 heavy (non-hydrogen) atoms. The number of benzene rings is 2. The highest BCUT2D eigenvalue weighted by Gasteiger charge is 2.42. The summed E-state index contributed by atoms with van der Waals surface area (Å²) in [7, 11) is -3.31. The highest BCUT2D eigenvalue weighted by molar-refractivity contribution is 7.91. The van der Waals surface area contributed by atoms with Gasteiger partial charge in [-0.3, -0.25) is 9.69 Å². The Morgan fingerprint density at radius 2 is 1.72 bits per heavy atom. The maximum atomic E-state index is 12.6. The minimum atomic E-state index is -3.31. The van der Waals surface area contributed by atoms with Crippen LogP contribution in [0, 0.1) is 0 Å². The number of hydrogen-bond acceptors (Lipinski definition) is 8. The van der Waals surface area contributed by atoms with Crippen LogP contribution in [-0.2, 0) is 41.0 Å². The highest BCUT2D eigenvalue weighted by atomic mass is 35.5. The van der Waals surface area contributed by atoms with Crippen LogP contribution in [0.1, 0.15) is 63.1 Å².